The van der Waals surface area contributed by atoms with Crippen LogP contribution in [0.25, 0.3) is 11.1 Å². The van der Waals surface area contributed by atoms with Crippen LogP contribution in [0.4, 0.5) is 0 Å². The minimum atomic E-state index is 0.0124. The van der Waals surface area contributed by atoms with Gasteiger partial charge in [-0.05, 0) is 61.1 Å². The van der Waals surface area contributed by atoms with Crippen molar-refractivity contribution in [2.45, 2.75) is 37.8 Å². The first-order valence-electron chi connectivity index (χ1n) is 8.92. The standard InChI is InChI=1S/C21H25N3O/c1-2-12-23-19-6-8-20(9-7-19)24-21(25)18-5-3-4-17(15-18)16-10-13-22-14-11-16/h2-5,10-11,13-15,19-20,23H,1,6-9,12H2,(H,24,25). The number of benzene rings is 1. The number of hydrogen-bond acceptors (Lipinski definition) is 3. The van der Waals surface area contributed by atoms with E-state index in [2.05, 4.69) is 22.2 Å². The third kappa shape index (κ3) is 4.77. The van der Waals surface area contributed by atoms with E-state index in [1.807, 2.05) is 42.5 Å². The molecule has 0 unspecified atom stereocenters. The Kier molecular flexibility index (Phi) is 5.96. The summed E-state index contributed by atoms with van der Waals surface area (Å²) >= 11 is 0. The van der Waals surface area contributed by atoms with Gasteiger partial charge in [-0.2, -0.15) is 0 Å². The van der Waals surface area contributed by atoms with Crippen molar-refractivity contribution < 1.29 is 4.79 Å². The van der Waals surface area contributed by atoms with Crippen LogP contribution in [0.3, 0.4) is 0 Å². The lowest BCUT2D eigenvalue weighted by molar-refractivity contribution is 0.0924. The number of amides is 1. The largest absolute Gasteiger partial charge is 0.349 e. The molecule has 25 heavy (non-hydrogen) atoms. The van der Waals surface area contributed by atoms with Crippen molar-refractivity contribution in [2.24, 2.45) is 0 Å². The molecule has 1 aliphatic rings. The van der Waals surface area contributed by atoms with E-state index in [-0.39, 0.29) is 11.9 Å². The first-order chi connectivity index (χ1) is 12.3. The molecule has 0 atom stereocenters. The molecule has 4 nitrogen and oxygen atoms in total. The van der Waals surface area contributed by atoms with Crippen LogP contribution in [0.1, 0.15) is 36.0 Å². The number of carbonyl (C=O) groups is 1. The molecule has 0 bridgehead atoms. The molecular formula is C21H25N3O. The number of nitrogens with zero attached hydrogens (tertiary/aromatic N) is 1. The Morgan fingerprint density at radius 2 is 1.80 bits per heavy atom. The molecule has 4 heteroatoms. The molecular weight excluding hydrogens is 310 g/mol. The fraction of sp³-hybridized carbons (Fsp3) is 0.333. The number of carbonyl (C=O) groups excluding carboxylic acids is 1. The third-order valence-electron chi connectivity index (χ3n) is 4.75. The van der Waals surface area contributed by atoms with Gasteiger partial charge in [0.25, 0.3) is 5.91 Å². The maximum absolute atomic E-state index is 12.6. The molecule has 2 N–H and O–H groups in total. The maximum Gasteiger partial charge on any atom is 0.251 e. The summed E-state index contributed by atoms with van der Waals surface area (Å²) < 4.78 is 0. The van der Waals surface area contributed by atoms with Gasteiger partial charge in [-0.3, -0.25) is 9.78 Å². The molecule has 1 aromatic carbocycles. The van der Waals surface area contributed by atoms with Crippen LogP contribution in [0.2, 0.25) is 0 Å². The van der Waals surface area contributed by atoms with E-state index in [4.69, 9.17) is 0 Å². The molecule has 0 aliphatic heterocycles. The van der Waals surface area contributed by atoms with Crippen LogP contribution < -0.4 is 10.6 Å². The number of nitrogens with one attached hydrogen (secondary N) is 2. The molecule has 1 fully saturated rings. The lowest BCUT2D eigenvalue weighted by Crippen LogP contribution is -2.42. The normalized spacial score (nSPS) is 20.0. The van der Waals surface area contributed by atoms with Crippen molar-refractivity contribution in [2.75, 3.05) is 6.54 Å². The van der Waals surface area contributed by atoms with Crippen molar-refractivity contribution in [3.63, 3.8) is 0 Å². The van der Waals surface area contributed by atoms with Crippen molar-refractivity contribution in [1.29, 1.82) is 0 Å². The van der Waals surface area contributed by atoms with Crippen molar-refractivity contribution in [3.8, 4) is 11.1 Å². The summed E-state index contributed by atoms with van der Waals surface area (Å²) in [6.45, 7) is 4.59. The molecule has 1 heterocycles. The first-order valence-corrected chi connectivity index (χ1v) is 8.92. The highest BCUT2D eigenvalue weighted by molar-refractivity contribution is 5.95. The van der Waals surface area contributed by atoms with Gasteiger partial charge in [0.2, 0.25) is 0 Å². The molecule has 0 saturated heterocycles. The molecule has 130 valence electrons. The lowest BCUT2D eigenvalue weighted by atomic mass is 9.91. The summed E-state index contributed by atoms with van der Waals surface area (Å²) in [6, 6.07) is 12.5. The second-order valence-electron chi connectivity index (χ2n) is 6.54. The van der Waals surface area contributed by atoms with Crippen LogP contribution in [-0.2, 0) is 0 Å². The van der Waals surface area contributed by atoms with Gasteiger partial charge in [0.05, 0.1) is 0 Å². The summed E-state index contributed by atoms with van der Waals surface area (Å²) in [7, 11) is 0. The first kappa shape index (κ1) is 17.4. The van der Waals surface area contributed by atoms with Gasteiger partial charge in [0, 0.05) is 36.6 Å². The number of hydrogen-bond donors (Lipinski definition) is 2. The molecule has 1 saturated carbocycles. The number of pyridine rings is 1. The minimum absolute atomic E-state index is 0.0124. The average Bonchev–Trinajstić information content (AvgIpc) is 2.68. The average molecular weight is 335 g/mol. The Morgan fingerprint density at radius 1 is 1.08 bits per heavy atom. The van der Waals surface area contributed by atoms with E-state index in [0.717, 1.165) is 43.4 Å². The number of aromatic nitrogens is 1. The Bertz CT molecular complexity index is 706. The van der Waals surface area contributed by atoms with Gasteiger partial charge in [-0.15, -0.1) is 6.58 Å². The monoisotopic (exact) mass is 335 g/mol. The van der Waals surface area contributed by atoms with Crippen molar-refractivity contribution >= 4 is 5.91 Å². The topological polar surface area (TPSA) is 54.0 Å². The summed E-state index contributed by atoms with van der Waals surface area (Å²) in [6.07, 6.45) is 9.65. The summed E-state index contributed by atoms with van der Waals surface area (Å²) in [4.78, 5) is 16.6. The highest BCUT2D eigenvalue weighted by Gasteiger charge is 2.22. The molecule has 1 aliphatic carbocycles. The quantitative estimate of drug-likeness (QED) is 0.794. The Balaban J connectivity index is 1.58. The van der Waals surface area contributed by atoms with Crippen LogP contribution in [0, 0.1) is 0 Å². The number of rotatable bonds is 6. The van der Waals surface area contributed by atoms with Crippen molar-refractivity contribution in [3.05, 3.63) is 67.0 Å². The molecule has 0 radical (unpaired) electrons. The molecule has 1 amide bonds. The van der Waals surface area contributed by atoms with Crippen molar-refractivity contribution in [1.82, 2.24) is 15.6 Å². The predicted molar refractivity (Wildman–Crippen MR) is 101 cm³/mol. The maximum atomic E-state index is 12.6. The van der Waals surface area contributed by atoms with E-state index in [1.54, 1.807) is 12.4 Å². The van der Waals surface area contributed by atoms with Gasteiger partial charge in [0.15, 0.2) is 0 Å². The zero-order chi connectivity index (χ0) is 17.5. The van der Waals surface area contributed by atoms with Gasteiger partial charge in [0.1, 0.15) is 0 Å². The van der Waals surface area contributed by atoms with Gasteiger partial charge < -0.3 is 10.6 Å². The van der Waals surface area contributed by atoms with E-state index in [1.165, 1.54) is 0 Å². The van der Waals surface area contributed by atoms with Gasteiger partial charge >= 0.3 is 0 Å². The minimum Gasteiger partial charge on any atom is -0.349 e. The fourth-order valence-corrected chi connectivity index (χ4v) is 3.34. The zero-order valence-electron chi connectivity index (χ0n) is 14.4. The highest BCUT2D eigenvalue weighted by atomic mass is 16.1. The van der Waals surface area contributed by atoms with Gasteiger partial charge in [-0.25, -0.2) is 0 Å². The lowest BCUT2D eigenvalue weighted by Gasteiger charge is -2.29. The molecule has 0 spiro atoms. The van der Waals surface area contributed by atoms with Crippen LogP contribution in [-0.4, -0.2) is 29.5 Å². The van der Waals surface area contributed by atoms with Crippen LogP contribution in [0.5, 0.6) is 0 Å². The zero-order valence-corrected chi connectivity index (χ0v) is 14.4. The van der Waals surface area contributed by atoms with E-state index in [0.29, 0.717) is 11.6 Å². The van der Waals surface area contributed by atoms with E-state index < -0.39 is 0 Å². The molecule has 3 rings (SSSR count). The van der Waals surface area contributed by atoms with Crippen LogP contribution >= 0.6 is 0 Å². The highest BCUT2D eigenvalue weighted by Crippen LogP contribution is 2.21. The molecule has 1 aromatic heterocycles. The SMILES string of the molecule is C=CCNC1CCC(NC(=O)c2cccc(-c3ccncc3)c2)CC1. The summed E-state index contributed by atoms with van der Waals surface area (Å²) in [5, 5.41) is 6.66. The summed E-state index contributed by atoms with van der Waals surface area (Å²) in [5.41, 5.74) is 2.81. The Morgan fingerprint density at radius 3 is 2.52 bits per heavy atom. The second-order valence-corrected chi connectivity index (χ2v) is 6.54. The Labute approximate surface area is 149 Å². The Hall–Kier alpha value is -2.46. The third-order valence-corrected chi connectivity index (χ3v) is 4.75. The van der Waals surface area contributed by atoms with E-state index >= 15 is 0 Å². The smallest absolute Gasteiger partial charge is 0.251 e. The van der Waals surface area contributed by atoms with Crippen LogP contribution in [0.15, 0.2) is 61.4 Å². The predicted octanol–water partition coefficient (Wildman–Crippen LogP) is 3.57. The van der Waals surface area contributed by atoms with Gasteiger partial charge in [-0.1, -0.05) is 18.2 Å². The second kappa shape index (κ2) is 8.58. The summed E-state index contributed by atoms with van der Waals surface area (Å²) in [5.74, 6) is 0.0124. The fourth-order valence-electron chi connectivity index (χ4n) is 3.34. The van der Waals surface area contributed by atoms with E-state index in [9.17, 15) is 4.79 Å². The molecule has 2 aromatic rings.